The van der Waals surface area contributed by atoms with Gasteiger partial charge in [0.2, 0.25) is 0 Å². The van der Waals surface area contributed by atoms with E-state index in [0.717, 1.165) is 26.0 Å². The topological polar surface area (TPSA) is 53.0 Å². The Morgan fingerprint density at radius 3 is 2.94 bits per heavy atom. The number of aryl methyl sites for hydroxylation is 1. The highest BCUT2D eigenvalue weighted by Gasteiger charge is 2.05. The van der Waals surface area contributed by atoms with Crippen LogP contribution in [0.15, 0.2) is 33.6 Å². The maximum atomic E-state index is 10.5. The zero-order chi connectivity index (χ0) is 12.4. The Labute approximate surface area is 111 Å². The average molecular weight is 311 g/mol. The van der Waals surface area contributed by atoms with E-state index in [4.69, 9.17) is 0 Å². The molecule has 3 nitrogen and oxygen atoms in total. The number of hydrogen-bond donors (Lipinski definition) is 0. The van der Waals surface area contributed by atoms with Crippen molar-refractivity contribution in [2.24, 2.45) is 0 Å². The number of nitrogens with zero attached hydrogens (tertiary/aromatic N) is 1. The molecule has 2 rings (SSSR count). The van der Waals surface area contributed by atoms with Gasteiger partial charge in [0.15, 0.2) is 0 Å². The summed E-state index contributed by atoms with van der Waals surface area (Å²) in [4.78, 5) is 15.8. The van der Waals surface area contributed by atoms with Crippen molar-refractivity contribution in [1.82, 2.24) is 4.98 Å². The third kappa shape index (κ3) is 2.98. The number of rotatable bonds is 3. The lowest BCUT2D eigenvalue weighted by Crippen LogP contribution is -2.24. The minimum absolute atomic E-state index is 0.0505. The summed E-state index contributed by atoms with van der Waals surface area (Å²) in [5, 5.41) is 11.5. The number of pyridine rings is 1. The van der Waals surface area contributed by atoms with Gasteiger partial charge in [0.25, 0.3) is 0 Å². The number of aromatic nitrogens is 1. The molecule has 0 unspecified atom stereocenters. The van der Waals surface area contributed by atoms with E-state index in [1.165, 1.54) is 11.8 Å². The van der Waals surface area contributed by atoms with Crippen LogP contribution in [-0.4, -0.2) is 16.7 Å². The maximum Gasteiger partial charge on any atom is 0.0717 e. The van der Waals surface area contributed by atoms with Gasteiger partial charge in [-0.15, -0.1) is 11.8 Å². The lowest BCUT2D eigenvalue weighted by atomic mass is 10.2. The molecule has 0 atom stereocenters. The van der Waals surface area contributed by atoms with Crippen molar-refractivity contribution < 1.29 is 9.90 Å². The van der Waals surface area contributed by atoms with E-state index in [1.807, 2.05) is 31.2 Å². The van der Waals surface area contributed by atoms with Crippen molar-refractivity contribution in [3.05, 3.63) is 34.4 Å². The number of carbonyl (C=O) groups is 1. The summed E-state index contributed by atoms with van der Waals surface area (Å²) >= 11 is 4.66. The molecule has 1 heterocycles. The van der Waals surface area contributed by atoms with Gasteiger partial charge in [-0.1, -0.05) is 15.9 Å². The quantitative estimate of drug-likeness (QED) is 0.815. The van der Waals surface area contributed by atoms with Gasteiger partial charge >= 0.3 is 0 Å². The van der Waals surface area contributed by atoms with Gasteiger partial charge < -0.3 is 9.90 Å². The molecule has 0 aliphatic rings. The predicted molar refractivity (Wildman–Crippen MR) is 69.9 cm³/mol. The molecule has 0 N–H and O–H groups in total. The lowest BCUT2D eigenvalue weighted by molar-refractivity contribution is -0.301. The summed E-state index contributed by atoms with van der Waals surface area (Å²) in [5.41, 5.74) is 1.75. The van der Waals surface area contributed by atoms with Crippen LogP contribution in [-0.2, 0) is 4.79 Å². The standard InChI is InChI=1S/C12H10BrNO2S/c1-7-4-11(17-6-12(15)16)9-5-8(13)2-3-10(9)14-7/h2-5H,6H2,1H3,(H,15,16)/p-1. The van der Waals surface area contributed by atoms with Crippen LogP contribution in [0.4, 0.5) is 0 Å². The third-order valence-electron chi connectivity index (χ3n) is 2.21. The summed E-state index contributed by atoms with van der Waals surface area (Å²) in [7, 11) is 0. The van der Waals surface area contributed by atoms with E-state index in [9.17, 15) is 9.90 Å². The highest BCUT2D eigenvalue weighted by Crippen LogP contribution is 2.29. The van der Waals surface area contributed by atoms with Crippen molar-refractivity contribution in [1.29, 1.82) is 0 Å². The van der Waals surface area contributed by atoms with Crippen molar-refractivity contribution in [2.45, 2.75) is 11.8 Å². The molecule has 0 aliphatic carbocycles. The summed E-state index contributed by atoms with van der Waals surface area (Å²) in [6, 6.07) is 7.67. The van der Waals surface area contributed by atoms with Crippen molar-refractivity contribution >= 4 is 44.6 Å². The number of halogens is 1. The highest BCUT2D eigenvalue weighted by atomic mass is 79.9. The number of thioether (sulfide) groups is 1. The van der Waals surface area contributed by atoms with Crippen LogP contribution in [0.3, 0.4) is 0 Å². The van der Waals surface area contributed by atoms with Gasteiger partial charge in [-0.25, -0.2) is 0 Å². The maximum absolute atomic E-state index is 10.5. The molecule has 17 heavy (non-hydrogen) atoms. The Morgan fingerprint density at radius 2 is 2.24 bits per heavy atom. The second kappa shape index (κ2) is 5.06. The normalized spacial score (nSPS) is 10.7. The molecule has 0 radical (unpaired) electrons. The molecule has 0 aliphatic heterocycles. The monoisotopic (exact) mass is 310 g/mol. The van der Waals surface area contributed by atoms with E-state index >= 15 is 0 Å². The van der Waals surface area contributed by atoms with E-state index in [1.54, 1.807) is 0 Å². The molecule has 88 valence electrons. The van der Waals surface area contributed by atoms with Crippen LogP contribution in [0, 0.1) is 6.92 Å². The number of hydrogen-bond acceptors (Lipinski definition) is 4. The second-order valence-corrected chi connectivity index (χ2v) is 5.52. The molecule has 1 aromatic carbocycles. The first-order chi connectivity index (χ1) is 8.06. The van der Waals surface area contributed by atoms with Crippen LogP contribution >= 0.6 is 27.7 Å². The Kier molecular flexibility index (Phi) is 3.69. The molecule has 0 saturated carbocycles. The van der Waals surface area contributed by atoms with E-state index < -0.39 is 5.97 Å². The van der Waals surface area contributed by atoms with Gasteiger partial charge in [0.05, 0.1) is 11.5 Å². The summed E-state index contributed by atoms with van der Waals surface area (Å²) < 4.78 is 0.950. The van der Waals surface area contributed by atoms with Crippen LogP contribution < -0.4 is 5.11 Å². The molecular formula is C12H9BrNO2S-. The Morgan fingerprint density at radius 1 is 1.47 bits per heavy atom. The first kappa shape index (κ1) is 12.4. The molecule has 0 fully saturated rings. The van der Waals surface area contributed by atoms with Gasteiger partial charge in [-0.3, -0.25) is 4.98 Å². The van der Waals surface area contributed by atoms with Gasteiger partial charge in [-0.05, 0) is 31.2 Å². The molecule has 2 aromatic rings. The number of fused-ring (bicyclic) bond motifs is 1. The zero-order valence-corrected chi connectivity index (χ0v) is 11.5. The van der Waals surface area contributed by atoms with E-state index in [2.05, 4.69) is 20.9 Å². The van der Waals surface area contributed by atoms with Gasteiger partial charge in [-0.2, -0.15) is 0 Å². The number of benzene rings is 1. The molecular weight excluding hydrogens is 302 g/mol. The minimum Gasteiger partial charge on any atom is -0.549 e. The van der Waals surface area contributed by atoms with Crippen molar-refractivity contribution in [3.8, 4) is 0 Å². The predicted octanol–water partition coefficient (Wildman–Crippen LogP) is 2.15. The van der Waals surface area contributed by atoms with E-state index in [-0.39, 0.29) is 5.75 Å². The number of carbonyl (C=O) groups excluding carboxylic acids is 1. The summed E-state index contributed by atoms with van der Waals surface area (Å²) in [6.45, 7) is 1.89. The van der Waals surface area contributed by atoms with Crippen LogP contribution in [0.25, 0.3) is 10.9 Å². The van der Waals surface area contributed by atoms with Crippen LogP contribution in [0.1, 0.15) is 5.69 Å². The molecule has 0 bridgehead atoms. The number of aliphatic carboxylic acids is 1. The number of carboxylic acid groups (broad SMARTS) is 1. The third-order valence-corrected chi connectivity index (χ3v) is 3.73. The SMILES string of the molecule is Cc1cc(SCC(=O)[O-])c2cc(Br)ccc2n1. The molecule has 1 aromatic heterocycles. The fourth-order valence-corrected chi connectivity index (χ4v) is 2.76. The van der Waals surface area contributed by atoms with Crippen molar-refractivity contribution in [2.75, 3.05) is 5.75 Å². The smallest absolute Gasteiger partial charge is 0.0717 e. The van der Waals surface area contributed by atoms with E-state index in [0.29, 0.717) is 0 Å². The lowest BCUT2D eigenvalue weighted by Gasteiger charge is -2.08. The first-order valence-corrected chi connectivity index (χ1v) is 6.73. The summed E-state index contributed by atoms with van der Waals surface area (Å²) in [5.74, 6) is -1.11. The summed E-state index contributed by atoms with van der Waals surface area (Å²) in [6.07, 6.45) is 0. The fraction of sp³-hybridized carbons (Fsp3) is 0.167. The zero-order valence-electron chi connectivity index (χ0n) is 9.07. The fourth-order valence-electron chi connectivity index (χ4n) is 1.55. The van der Waals surface area contributed by atoms with Crippen molar-refractivity contribution in [3.63, 3.8) is 0 Å². The Bertz CT molecular complexity index is 586. The molecule has 0 amide bonds. The molecule has 0 saturated heterocycles. The second-order valence-electron chi connectivity index (χ2n) is 3.58. The van der Waals surface area contributed by atoms with Gasteiger partial charge in [0, 0.05) is 26.2 Å². The Hall–Kier alpha value is -1.07. The average Bonchev–Trinajstić information content (AvgIpc) is 2.26. The molecule has 0 spiro atoms. The Balaban J connectivity index is 2.51. The largest absolute Gasteiger partial charge is 0.549 e. The molecule has 5 heteroatoms. The van der Waals surface area contributed by atoms with Gasteiger partial charge in [0.1, 0.15) is 0 Å². The minimum atomic E-state index is -1.06. The first-order valence-electron chi connectivity index (χ1n) is 4.96. The number of carboxylic acids is 1. The highest BCUT2D eigenvalue weighted by molar-refractivity contribution is 9.10. The van der Waals surface area contributed by atoms with Crippen LogP contribution in [0.5, 0.6) is 0 Å². The van der Waals surface area contributed by atoms with Crippen LogP contribution in [0.2, 0.25) is 0 Å².